The van der Waals surface area contributed by atoms with Crippen molar-refractivity contribution in [3.63, 3.8) is 0 Å². The summed E-state index contributed by atoms with van der Waals surface area (Å²) in [7, 11) is 0. The zero-order chi connectivity index (χ0) is 22.1. The monoisotopic (exact) mass is 465 g/mol. The third-order valence-electron chi connectivity index (χ3n) is 5.00. The second-order valence-electron chi connectivity index (χ2n) is 7.04. The summed E-state index contributed by atoms with van der Waals surface area (Å²) >= 11 is 2.64. The Hall–Kier alpha value is -3.37. The van der Waals surface area contributed by atoms with E-state index in [1.54, 1.807) is 47.9 Å². The van der Waals surface area contributed by atoms with Crippen molar-refractivity contribution in [1.29, 1.82) is 0 Å². The Kier molecular flexibility index (Phi) is 5.54. The first-order valence-electron chi connectivity index (χ1n) is 9.75. The minimum absolute atomic E-state index is 0.0152. The van der Waals surface area contributed by atoms with Crippen LogP contribution in [0.15, 0.2) is 81.2 Å². The number of rotatable bonds is 5. The number of fused-ring (bicyclic) bond motifs is 1. The highest BCUT2D eigenvalue weighted by Gasteiger charge is 2.33. The van der Waals surface area contributed by atoms with Gasteiger partial charge in [0.15, 0.2) is 5.16 Å². The molecule has 1 aromatic carbocycles. The zero-order valence-electron chi connectivity index (χ0n) is 16.6. The topological polar surface area (TPSA) is 79.9 Å². The van der Waals surface area contributed by atoms with Crippen LogP contribution in [0.5, 0.6) is 0 Å². The highest BCUT2D eigenvalue weighted by atomic mass is 32.2. The van der Waals surface area contributed by atoms with E-state index in [2.05, 4.69) is 15.1 Å². The number of thiophene rings is 1. The summed E-state index contributed by atoms with van der Waals surface area (Å²) < 4.78 is 14.8. The van der Waals surface area contributed by atoms with Crippen molar-refractivity contribution in [3.05, 3.63) is 92.9 Å². The Labute approximate surface area is 190 Å². The molecule has 1 aliphatic heterocycles. The van der Waals surface area contributed by atoms with Gasteiger partial charge in [0.25, 0.3) is 5.91 Å². The summed E-state index contributed by atoms with van der Waals surface area (Å²) in [5, 5.41) is 8.23. The number of nitrogens with zero attached hydrogens (tertiary/aromatic N) is 5. The molecule has 0 fully saturated rings. The van der Waals surface area contributed by atoms with E-state index in [0.29, 0.717) is 12.1 Å². The minimum Gasteiger partial charge on any atom is -0.272 e. The molecule has 1 amide bonds. The normalized spacial score (nSPS) is 15.8. The zero-order valence-corrected chi connectivity index (χ0v) is 18.2. The van der Waals surface area contributed by atoms with Crippen LogP contribution >= 0.6 is 23.1 Å². The number of hydrogen-bond donors (Lipinski definition) is 0. The molecule has 7 nitrogen and oxygen atoms in total. The van der Waals surface area contributed by atoms with Crippen LogP contribution in [0.1, 0.15) is 22.9 Å². The van der Waals surface area contributed by atoms with Crippen molar-refractivity contribution in [3.8, 4) is 0 Å². The van der Waals surface area contributed by atoms with Gasteiger partial charge < -0.3 is 0 Å². The summed E-state index contributed by atoms with van der Waals surface area (Å²) in [6.45, 7) is 0. The predicted octanol–water partition coefficient (Wildman–Crippen LogP) is 3.76. The first kappa shape index (κ1) is 20.5. The van der Waals surface area contributed by atoms with Crippen molar-refractivity contribution in [2.24, 2.45) is 5.10 Å². The third kappa shape index (κ3) is 4.06. The molecule has 0 spiro atoms. The molecule has 0 bridgehead atoms. The van der Waals surface area contributed by atoms with Gasteiger partial charge in [0.1, 0.15) is 11.5 Å². The molecule has 4 aromatic rings. The number of aromatic nitrogens is 3. The van der Waals surface area contributed by atoms with Crippen LogP contribution in [-0.4, -0.2) is 36.7 Å². The first-order valence-corrected chi connectivity index (χ1v) is 11.6. The molecular formula is C22H16FN5O2S2. The summed E-state index contributed by atoms with van der Waals surface area (Å²) in [5.41, 5.74) is 1.63. The lowest BCUT2D eigenvalue weighted by molar-refractivity contribution is -0.130. The van der Waals surface area contributed by atoms with Gasteiger partial charge in [-0.15, -0.1) is 11.3 Å². The molecule has 10 heteroatoms. The summed E-state index contributed by atoms with van der Waals surface area (Å²) in [4.78, 5) is 34.6. The van der Waals surface area contributed by atoms with Crippen LogP contribution in [0, 0.1) is 5.82 Å². The molecule has 3 aromatic heterocycles. The Morgan fingerprint density at radius 1 is 1.12 bits per heavy atom. The fourth-order valence-electron chi connectivity index (χ4n) is 3.48. The molecule has 1 aliphatic rings. The number of amides is 1. The largest absolute Gasteiger partial charge is 0.355 e. The number of hydrogen-bond acceptors (Lipinski definition) is 7. The van der Waals surface area contributed by atoms with Crippen molar-refractivity contribution in [2.45, 2.75) is 17.6 Å². The average molecular weight is 466 g/mol. The number of halogens is 1. The molecule has 0 radical (unpaired) electrons. The number of benzene rings is 1. The Morgan fingerprint density at radius 3 is 2.75 bits per heavy atom. The lowest BCUT2D eigenvalue weighted by atomic mass is 10.0. The van der Waals surface area contributed by atoms with Crippen LogP contribution in [0.3, 0.4) is 0 Å². The Morgan fingerprint density at radius 2 is 1.97 bits per heavy atom. The van der Waals surface area contributed by atoms with Crippen molar-refractivity contribution in [2.75, 3.05) is 5.75 Å². The van der Waals surface area contributed by atoms with Gasteiger partial charge in [-0.3, -0.25) is 9.20 Å². The second-order valence-corrected chi connectivity index (χ2v) is 8.93. The fraction of sp³-hybridized carbons (Fsp3) is 0.136. The van der Waals surface area contributed by atoms with Gasteiger partial charge >= 0.3 is 5.69 Å². The smallest absolute Gasteiger partial charge is 0.272 e. The number of carbonyl (C=O) groups excluding carboxylic acids is 1. The molecule has 1 atom stereocenters. The van der Waals surface area contributed by atoms with E-state index < -0.39 is 5.69 Å². The highest BCUT2D eigenvalue weighted by molar-refractivity contribution is 7.99. The van der Waals surface area contributed by atoms with E-state index >= 15 is 0 Å². The quantitative estimate of drug-likeness (QED) is 0.419. The molecule has 4 heterocycles. The Bertz CT molecular complexity index is 1370. The third-order valence-corrected chi connectivity index (χ3v) is 6.75. The molecule has 5 rings (SSSR count). The van der Waals surface area contributed by atoms with E-state index in [1.165, 1.54) is 21.5 Å². The lowest BCUT2D eigenvalue weighted by Crippen LogP contribution is -2.29. The maximum Gasteiger partial charge on any atom is 0.355 e. The van der Waals surface area contributed by atoms with E-state index in [0.717, 1.165) is 27.9 Å². The van der Waals surface area contributed by atoms with E-state index in [4.69, 9.17) is 0 Å². The van der Waals surface area contributed by atoms with Gasteiger partial charge in [0.2, 0.25) is 0 Å². The van der Waals surface area contributed by atoms with Crippen molar-refractivity contribution < 1.29 is 9.18 Å². The van der Waals surface area contributed by atoms with Crippen molar-refractivity contribution >= 4 is 40.4 Å². The van der Waals surface area contributed by atoms with Gasteiger partial charge in [0, 0.05) is 12.6 Å². The van der Waals surface area contributed by atoms with E-state index in [9.17, 15) is 14.0 Å². The average Bonchev–Trinajstić information content (AvgIpc) is 3.48. The number of hydrazone groups is 1. The van der Waals surface area contributed by atoms with Crippen molar-refractivity contribution in [1.82, 2.24) is 19.4 Å². The SMILES string of the molecule is O=C(CSc1nc(=O)n2ccccc2n1)N1N=C(c2cccs2)C[C@@H]1c1ccc(F)cc1. The number of carbonyl (C=O) groups is 1. The van der Waals surface area contributed by atoms with Gasteiger partial charge in [0.05, 0.1) is 22.4 Å². The number of pyridine rings is 1. The molecule has 160 valence electrons. The van der Waals surface area contributed by atoms with E-state index in [-0.39, 0.29) is 28.7 Å². The summed E-state index contributed by atoms with van der Waals surface area (Å²) in [6, 6.07) is 14.9. The van der Waals surface area contributed by atoms with Gasteiger partial charge in [-0.05, 0) is 41.3 Å². The predicted molar refractivity (Wildman–Crippen MR) is 121 cm³/mol. The maximum atomic E-state index is 13.4. The number of thioether (sulfide) groups is 1. The molecule has 0 aliphatic carbocycles. The van der Waals surface area contributed by atoms with Gasteiger partial charge in [-0.1, -0.05) is 36.0 Å². The van der Waals surface area contributed by atoms with E-state index in [1.807, 2.05) is 17.5 Å². The molecule has 0 N–H and O–H groups in total. The molecule has 0 saturated heterocycles. The van der Waals surface area contributed by atoms with Crippen LogP contribution < -0.4 is 5.69 Å². The lowest BCUT2D eigenvalue weighted by Gasteiger charge is -2.21. The minimum atomic E-state index is -0.450. The first-order chi connectivity index (χ1) is 15.6. The van der Waals surface area contributed by atoms with Crippen LogP contribution in [0.2, 0.25) is 0 Å². The fourth-order valence-corrected chi connectivity index (χ4v) is 4.89. The van der Waals surface area contributed by atoms with Gasteiger partial charge in [-0.2, -0.15) is 10.1 Å². The molecule has 0 unspecified atom stereocenters. The van der Waals surface area contributed by atoms with Crippen LogP contribution in [0.25, 0.3) is 5.65 Å². The maximum absolute atomic E-state index is 13.4. The summed E-state index contributed by atoms with van der Waals surface area (Å²) in [6.07, 6.45) is 2.13. The summed E-state index contributed by atoms with van der Waals surface area (Å²) in [5.74, 6) is -0.562. The molecule has 0 saturated carbocycles. The van der Waals surface area contributed by atoms with Crippen LogP contribution in [-0.2, 0) is 4.79 Å². The molecular weight excluding hydrogens is 449 g/mol. The van der Waals surface area contributed by atoms with Crippen LogP contribution in [0.4, 0.5) is 4.39 Å². The Balaban J connectivity index is 1.39. The second kappa shape index (κ2) is 8.64. The molecule has 32 heavy (non-hydrogen) atoms. The highest BCUT2D eigenvalue weighted by Crippen LogP contribution is 2.34. The van der Waals surface area contributed by atoms with Gasteiger partial charge in [-0.25, -0.2) is 19.2 Å². The standard InChI is InChI=1S/C22H16FN5O2S2/c23-15-8-6-14(7-9-15)17-12-16(18-4-3-11-31-18)26-28(17)20(29)13-32-21-24-19-5-1-2-10-27(19)22(30)25-21/h1-11,17H,12-13H2/t17-/m1/s1.